The number of amides is 1. The van der Waals surface area contributed by atoms with E-state index in [0.717, 1.165) is 5.69 Å². The highest BCUT2D eigenvalue weighted by Gasteiger charge is 2.37. The number of benzene rings is 1. The molecule has 0 bridgehead atoms. The molecule has 3 N–H and O–H groups in total. The molecule has 0 radical (unpaired) electrons. The Bertz CT molecular complexity index is 442. The van der Waals surface area contributed by atoms with E-state index in [0.29, 0.717) is 24.1 Å². The molecule has 0 spiro atoms. The van der Waals surface area contributed by atoms with Gasteiger partial charge >= 0.3 is 0 Å². The number of carbonyl (C=O) groups excluding carboxylic acids is 1. The van der Waals surface area contributed by atoms with Crippen molar-refractivity contribution in [2.75, 3.05) is 10.7 Å². The maximum Gasteiger partial charge on any atom is 0.243 e. The van der Waals surface area contributed by atoms with Crippen LogP contribution in [-0.4, -0.2) is 11.9 Å². The summed E-state index contributed by atoms with van der Waals surface area (Å²) in [5.41, 5.74) is 10.6. The van der Waals surface area contributed by atoms with Crippen LogP contribution in [0.25, 0.3) is 0 Å². The average Bonchev–Trinajstić information content (AvgIpc) is 2.57. The quantitative estimate of drug-likeness (QED) is 0.761. The van der Waals surface area contributed by atoms with Gasteiger partial charge in [0, 0.05) is 18.2 Å². The van der Waals surface area contributed by atoms with Gasteiger partial charge in [-0.15, -0.1) is 0 Å². The first kappa shape index (κ1) is 10.6. The molecule has 1 amide bonds. The van der Waals surface area contributed by atoms with Gasteiger partial charge in [0.1, 0.15) is 0 Å². The van der Waals surface area contributed by atoms with Crippen molar-refractivity contribution < 1.29 is 4.79 Å². The number of nitrogens with one attached hydrogen (secondary N) is 1. The molecular formula is C13H17N3O. The topological polar surface area (TPSA) is 58.4 Å². The first-order valence-electron chi connectivity index (χ1n) is 6.19. The molecule has 1 heterocycles. The van der Waals surface area contributed by atoms with Gasteiger partial charge in [-0.25, -0.2) is 10.4 Å². The highest BCUT2D eigenvalue weighted by molar-refractivity contribution is 5.95. The van der Waals surface area contributed by atoms with Crippen molar-refractivity contribution in [1.82, 2.24) is 5.43 Å². The number of rotatable bonds is 2. The lowest BCUT2D eigenvalue weighted by atomic mass is 9.79. The van der Waals surface area contributed by atoms with Crippen LogP contribution in [0.1, 0.15) is 25.7 Å². The first-order valence-corrected chi connectivity index (χ1v) is 6.19. The number of carbonyl (C=O) groups is 1. The zero-order valence-electron chi connectivity index (χ0n) is 9.73. The maximum absolute atomic E-state index is 12.0. The summed E-state index contributed by atoms with van der Waals surface area (Å²) < 4.78 is 0. The Labute approximate surface area is 101 Å². The fourth-order valence-electron chi connectivity index (χ4n) is 2.56. The highest BCUT2D eigenvalue weighted by Crippen LogP contribution is 2.34. The van der Waals surface area contributed by atoms with Crippen LogP contribution < -0.4 is 16.2 Å². The predicted molar refractivity (Wildman–Crippen MR) is 67.2 cm³/mol. The van der Waals surface area contributed by atoms with E-state index in [1.54, 1.807) is 5.01 Å². The van der Waals surface area contributed by atoms with Gasteiger partial charge in [0.15, 0.2) is 0 Å². The zero-order chi connectivity index (χ0) is 11.8. The van der Waals surface area contributed by atoms with E-state index in [4.69, 9.17) is 5.73 Å². The molecule has 1 aromatic rings. The zero-order valence-corrected chi connectivity index (χ0v) is 9.73. The Balaban J connectivity index is 1.77. The molecule has 17 heavy (non-hydrogen) atoms. The molecule has 1 atom stereocenters. The Morgan fingerprint density at radius 3 is 2.82 bits per heavy atom. The van der Waals surface area contributed by atoms with E-state index >= 15 is 0 Å². The van der Waals surface area contributed by atoms with E-state index < -0.39 is 0 Å². The summed E-state index contributed by atoms with van der Waals surface area (Å²) in [7, 11) is 0. The standard InChI is InChI=1S/C13H17N3O/c14-10-5-2-6-11(7-10)16-13(17)8-12(15-16)9-3-1-4-9/h2,5-7,9,12,15H,1,3-4,8,14H2. The SMILES string of the molecule is Nc1cccc(N2NC(C3CCC3)CC2=O)c1. The second-order valence-electron chi connectivity index (χ2n) is 4.95. The highest BCUT2D eigenvalue weighted by atomic mass is 16.2. The lowest BCUT2D eigenvalue weighted by Crippen LogP contribution is -2.42. The van der Waals surface area contributed by atoms with E-state index in [9.17, 15) is 4.79 Å². The molecule has 1 aromatic carbocycles. The predicted octanol–water partition coefficient (Wildman–Crippen LogP) is 1.68. The smallest absolute Gasteiger partial charge is 0.243 e. The molecule has 2 fully saturated rings. The molecule has 1 aliphatic heterocycles. The summed E-state index contributed by atoms with van der Waals surface area (Å²) in [6.07, 6.45) is 4.40. The molecule has 4 heteroatoms. The van der Waals surface area contributed by atoms with Crippen molar-refractivity contribution in [3.63, 3.8) is 0 Å². The van der Waals surface area contributed by atoms with Crippen LogP contribution in [0, 0.1) is 5.92 Å². The van der Waals surface area contributed by atoms with Gasteiger partial charge in [-0.2, -0.15) is 0 Å². The van der Waals surface area contributed by atoms with Crippen LogP contribution in [0.15, 0.2) is 24.3 Å². The molecule has 1 aliphatic carbocycles. The summed E-state index contributed by atoms with van der Waals surface area (Å²) in [6, 6.07) is 7.75. The van der Waals surface area contributed by atoms with Gasteiger partial charge in [-0.05, 0) is 37.0 Å². The third kappa shape index (κ3) is 1.89. The fourth-order valence-corrected chi connectivity index (χ4v) is 2.56. The summed E-state index contributed by atoms with van der Waals surface area (Å²) in [5, 5.41) is 1.65. The Hall–Kier alpha value is -1.55. The minimum Gasteiger partial charge on any atom is -0.399 e. The van der Waals surface area contributed by atoms with E-state index in [1.165, 1.54) is 19.3 Å². The van der Waals surface area contributed by atoms with Crippen molar-refractivity contribution >= 4 is 17.3 Å². The minimum absolute atomic E-state index is 0.146. The number of anilines is 2. The summed E-state index contributed by atoms with van der Waals surface area (Å²) in [6.45, 7) is 0. The number of hydrogen-bond donors (Lipinski definition) is 2. The van der Waals surface area contributed by atoms with Crippen molar-refractivity contribution in [3.8, 4) is 0 Å². The van der Waals surface area contributed by atoms with Gasteiger partial charge in [-0.3, -0.25) is 4.79 Å². The summed E-state index contributed by atoms with van der Waals surface area (Å²) >= 11 is 0. The average molecular weight is 231 g/mol. The molecule has 1 unspecified atom stereocenters. The van der Waals surface area contributed by atoms with E-state index in [-0.39, 0.29) is 5.91 Å². The lowest BCUT2D eigenvalue weighted by Gasteiger charge is -2.31. The van der Waals surface area contributed by atoms with Gasteiger partial charge < -0.3 is 5.73 Å². The van der Waals surface area contributed by atoms with Crippen molar-refractivity contribution in [2.45, 2.75) is 31.7 Å². The van der Waals surface area contributed by atoms with Crippen LogP contribution in [0.2, 0.25) is 0 Å². The van der Waals surface area contributed by atoms with E-state index in [1.807, 2.05) is 24.3 Å². The van der Waals surface area contributed by atoms with E-state index in [2.05, 4.69) is 5.43 Å². The van der Waals surface area contributed by atoms with Crippen LogP contribution in [0.4, 0.5) is 11.4 Å². The first-order chi connectivity index (χ1) is 8.24. The summed E-state index contributed by atoms with van der Waals surface area (Å²) in [4.78, 5) is 12.0. The largest absolute Gasteiger partial charge is 0.399 e. The molecule has 4 nitrogen and oxygen atoms in total. The van der Waals surface area contributed by atoms with Gasteiger partial charge in [0.2, 0.25) is 5.91 Å². The third-order valence-corrected chi connectivity index (χ3v) is 3.79. The molecule has 3 rings (SSSR count). The molecule has 0 aromatic heterocycles. The number of nitrogens with zero attached hydrogens (tertiary/aromatic N) is 1. The van der Waals surface area contributed by atoms with Gasteiger partial charge in [0.05, 0.1) is 5.69 Å². The second kappa shape index (κ2) is 4.04. The number of nitrogens with two attached hydrogens (primary N) is 1. The Kier molecular flexibility index (Phi) is 2.52. The van der Waals surface area contributed by atoms with Crippen molar-refractivity contribution in [2.24, 2.45) is 5.92 Å². The molecule has 1 saturated carbocycles. The van der Waals surface area contributed by atoms with Crippen LogP contribution in [-0.2, 0) is 4.79 Å². The third-order valence-electron chi connectivity index (χ3n) is 3.79. The second-order valence-corrected chi connectivity index (χ2v) is 4.95. The number of hydrazine groups is 1. The van der Waals surface area contributed by atoms with Crippen LogP contribution in [0.3, 0.4) is 0 Å². The van der Waals surface area contributed by atoms with Crippen LogP contribution in [0.5, 0.6) is 0 Å². The lowest BCUT2D eigenvalue weighted by molar-refractivity contribution is -0.117. The minimum atomic E-state index is 0.146. The fraction of sp³-hybridized carbons (Fsp3) is 0.462. The monoisotopic (exact) mass is 231 g/mol. The normalized spacial score (nSPS) is 25.1. The number of nitrogen functional groups attached to an aromatic ring is 1. The van der Waals surface area contributed by atoms with Gasteiger partial charge in [-0.1, -0.05) is 12.5 Å². The van der Waals surface area contributed by atoms with Crippen LogP contribution >= 0.6 is 0 Å². The molecule has 1 saturated heterocycles. The van der Waals surface area contributed by atoms with Gasteiger partial charge in [0.25, 0.3) is 0 Å². The Morgan fingerprint density at radius 2 is 2.18 bits per heavy atom. The molecular weight excluding hydrogens is 214 g/mol. The maximum atomic E-state index is 12.0. The molecule has 90 valence electrons. The number of hydrogen-bond acceptors (Lipinski definition) is 3. The van der Waals surface area contributed by atoms with Crippen molar-refractivity contribution in [1.29, 1.82) is 0 Å². The summed E-state index contributed by atoms with van der Waals surface area (Å²) in [5.74, 6) is 0.817. The Morgan fingerprint density at radius 1 is 1.35 bits per heavy atom. The molecule has 2 aliphatic rings. The van der Waals surface area contributed by atoms with Crippen molar-refractivity contribution in [3.05, 3.63) is 24.3 Å².